The molecular formula is C46H46Cl4N16O6. The number of nitrogens with one attached hydrogen (secondary N) is 4. The van der Waals surface area contributed by atoms with Crippen molar-refractivity contribution in [1.82, 2.24) is 49.5 Å². The van der Waals surface area contributed by atoms with Gasteiger partial charge in [0.2, 0.25) is 17.7 Å². The Bertz CT molecular complexity index is 3330. The van der Waals surface area contributed by atoms with Gasteiger partial charge in [0, 0.05) is 79.8 Å². The minimum absolute atomic E-state index is 0.0333. The molecule has 0 aliphatic heterocycles. The van der Waals surface area contributed by atoms with Crippen LogP contribution in [0.5, 0.6) is 23.0 Å². The van der Waals surface area contributed by atoms with Gasteiger partial charge in [0.25, 0.3) is 0 Å². The van der Waals surface area contributed by atoms with E-state index in [2.05, 4.69) is 46.4 Å². The van der Waals surface area contributed by atoms with E-state index in [-0.39, 0.29) is 27.5 Å². The van der Waals surface area contributed by atoms with Gasteiger partial charge in [-0.3, -0.25) is 19.5 Å². The summed E-state index contributed by atoms with van der Waals surface area (Å²) in [5, 5.41) is 35.2. The monoisotopic (exact) mass is 1060 g/mol. The number of nitrogens with two attached hydrogens (primary N) is 1. The molecule has 374 valence electrons. The molecule has 10 rings (SSSR count). The number of ether oxygens (including phenoxy) is 4. The third-order valence-electron chi connectivity index (χ3n) is 11.6. The molecule has 0 atom stereocenters. The van der Waals surface area contributed by atoms with Crippen molar-refractivity contribution in [2.24, 2.45) is 25.9 Å². The van der Waals surface area contributed by atoms with E-state index in [4.69, 9.17) is 86.0 Å². The van der Waals surface area contributed by atoms with E-state index in [9.17, 15) is 10.1 Å². The van der Waals surface area contributed by atoms with Gasteiger partial charge in [-0.1, -0.05) is 46.4 Å². The second-order valence-electron chi connectivity index (χ2n) is 16.8. The summed E-state index contributed by atoms with van der Waals surface area (Å²) >= 11 is 26.6. The summed E-state index contributed by atoms with van der Waals surface area (Å²) in [5.74, 6) is 4.90. The molecule has 6 aromatic heterocycles. The predicted octanol–water partition coefficient (Wildman–Crippen LogP) is 10.1. The zero-order valence-corrected chi connectivity index (χ0v) is 42.5. The van der Waals surface area contributed by atoms with Gasteiger partial charge in [-0.05, 0) is 49.7 Å². The van der Waals surface area contributed by atoms with Gasteiger partial charge in [-0.25, -0.2) is 29.9 Å². The number of aromatic nitrogens is 10. The minimum atomic E-state index is -0.525. The van der Waals surface area contributed by atoms with Crippen LogP contribution in [0.25, 0.3) is 44.3 Å². The normalized spacial score (nSPS) is 13.1. The first kappa shape index (κ1) is 49.6. The largest absolute Gasteiger partial charge is 0.495 e. The maximum atomic E-state index is 11.4. The van der Waals surface area contributed by atoms with Crippen molar-refractivity contribution in [2.75, 3.05) is 68.5 Å². The van der Waals surface area contributed by atoms with Crippen LogP contribution in [0.15, 0.2) is 49.1 Å². The number of nitro groups is 1. The summed E-state index contributed by atoms with van der Waals surface area (Å²) < 4.78 is 24.6. The molecule has 2 aromatic carbocycles. The standard InChI is InChI=1S/C23H22Cl2N8O4.C23H24Cl2N8O2/c1-32-10-14(33(34)35)21(31-32)30-23-27-9-12-6-13(28-22(20(12)29-23)26-8-11-4-5-11)17-18(24)15(36-2)7-16(37-3)19(17)25;1-33-10-13(26)21(32-33)31-23-28-9-12-6-14(29-22(20(12)30-23)27-8-11-4-5-11)17-18(24)15(34-2)7-16(35-3)19(17)25/h6-7,9-11H,4-5,8H2,1-3H3,(H,26,28)(H,27,29,30,31);6-7,9-11H,4-5,8,26H2,1-3H3,(H,27,29)(H,28,30,31,32). The fraction of sp³-hybridized carbons (Fsp3) is 0.304. The lowest BCUT2D eigenvalue weighted by Crippen LogP contribution is -2.08. The lowest BCUT2D eigenvalue weighted by atomic mass is 10.1. The van der Waals surface area contributed by atoms with Crippen molar-refractivity contribution in [1.29, 1.82) is 0 Å². The second kappa shape index (κ2) is 20.7. The number of benzene rings is 2. The maximum absolute atomic E-state index is 11.4. The van der Waals surface area contributed by atoms with Crippen LogP contribution in [0.3, 0.4) is 0 Å². The number of pyridine rings is 2. The van der Waals surface area contributed by atoms with Crippen molar-refractivity contribution in [3.63, 3.8) is 0 Å². The minimum Gasteiger partial charge on any atom is -0.495 e. The molecule has 22 nitrogen and oxygen atoms in total. The Hall–Kier alpha value is -7.40. The van der Waals surface area contributed by atoms with Gasteiger partial charge in [-0.2, -0.15) is 5.10 Å². The number of nitrogens with zero attached hydrogens (tertiary/aromatic N) is 11. The highest BCUT2D eigenvalue weighted by molar-refractivity contribution is 6.41. The van der Waals surface area contributed by atoms with E-state index in [1.54, 1.807) is 55.6 Å². The quantitative estimate of drug-likeness (QED) is 0.0419. The van der Waals surface area contributed by atoms with Gasteiger partial charge in [0.05, 0.1) is 70.5 Å². The Labute approximate surface area is 431 Å². The molecule has 0 radical (unpaired) electrons. The Balaban J connectivity index is 0.000000178. The number of halogens is 4. The fourth-order valence-corrected chi connectivity index (χ4v) is 8.95. The Kier molecular flexibility index (Phi) is 14.3. The lowest BCUT2D eigenvalue weighted by molar-refractivity contribution is -0.384. The number of rotatable bonds is 17. The molecule has 2 fully saturated rings. The summed E-state index contributed by atoms with van der Waals surface area (Å²) in [7, 11) is 9.45. The van der Waals surface area contributed by atoms with Gasteiger partial charge in [-0.15, -0.1) is 5.10 Å². The van der Waals surface area contributed by atoms with Crippen molar-refractivity contribution >= 4 is 115 Å². The van der Waals surface area contributed by atoms with Crippen molar-refractivity contribution in [2.45, 2.75) is 25.7 Å². The zero-order valence-electron chi connectivity index (χ0n) is 39.5. The van der Waals surface area contributed by atoms with E-state index in [1.165, 1.54) is 52.2 Å². The first-order chi connectivity index (χ1) is 34.7. The van der Waals surface area contributed by atoms with Crippen LogP contribution in [0.4, 0.5) is 46.5 Å². The summed E-state index contributed by atoms with van der Waals surface area (Å²) in [4.78, 5) is 38.6. The molecule has 2 aliphatic rings. The highest BCUT2D eigenvalue weighted by Gasteiger charge is 2.27. The number of anilines is 7. The number of methoxy groups -OCH3 is 4. The Morgan fingerprint density at radius 2 is 1.03 bits per heavy atom. The number of nitrogen functional groups attached to an aromatic ring is 1. The fourth-order valence-electron chi connectivity index (χ4n) is 7.56. The molecule has 2 saturated carbocycles. The third-order valence-corrected chi connectivity index (χ3v) is 13.1. The Morgan fingerprint density at radius 3 is 1.40 bits per heavy atom. The van der Waals surface area contributed by atoms with Gasteiger partial charge in [0.1, 0.15) is 40.2 Å². The highest BCUT2D eigenvalue weighted by Crippen LogP contribution is 2.48. The van der Waals surface area contributed by atoms with Gasteiger partial charge < -0.3 is 45.9 Å². The molecular weight excluding hydrogens is 1010 g/mol. The molecule has 6 heterocycles. The predicted molar refractivity (Wildman–Crippen MR) is 278 cm³/mol. The van der Waals surface area contributed by atoms with Crippen LogP contribution < -0.4 is 45.9 Å². The molecule has 0 unspecified atom stereocenters. The average molecular weight is 1060 g/mol. The molecule has 6 N–H and O–H groups in total. The third kappa shape index (κ3) is 10.5. The van der Waals surface area contributed by atoms with E-state index in [0.717, 1.165) is 24.8 Å². The van der Waals surface area contributed by atoms with E-state index >= 15 is 0 Å². The summed E-state index contributed by atoms with van der Waals surface area (Å²) in [6, 6.07) is 6.85. The number of aryl methyl sites for hydroxylation is 2. The molecule has 26 heteroatoms. The van der Waals surface area contributed by atoms with Gasteiger partial charge >= 0.3 is 5.69 Å². The number of hydrogen-bond donors (Lipinski definition) is 5. The SMILES string of the molecule is COc1cc(OC)c(Cl)c(-c2cc3cnc(Nc4nn(C)cc4N)nc3c(NCC3CC3)n2)c1Cl.COc1cc(OC)c(Cl)c(-c2cc3cnc(Nc4nn(C)cc4[N+](=O)[O-])nc3c(NCC3CC3)n2)c1Cl. The van der Waals surface area contributed by atoms with E-state index in [0.29, 0.717) is 119 Å². The van der Waals surface area contributed by atoms with Gasteiger partial charge in [0.15, 0.2) is 17.5 Å². The van der Waals surface area contributed by atoms with Crippen LogP contribution in [-0.4, -0.2) is 95.9 Å². The summed E-state index contributed by atoms with van der Waals surface area (Å²) in [6.45, 7) is 1.50. The van der Waals surface area contributed by atoms with Crippen LogP contribution in [0.2, 0.25) is 20.1 Å². The smallest absolute Gasteiger partial charge is 0.331 e. The van der Waals surface area contributed by atoms with Crippen LogP contribution in [0.1, 0.15) is 25.7 Å². The zero-order chi connectivity index (χ0) is 51.0. The summed E-state index contributed by atoms with van der Waals surface area (Å²) in [5.41, 5.74) is 9.44. The number of fused-ring (bicyclic) bond motifs is 2. The summed E-state index contributed by atoms with van der Waals surface area (Å²) in [6.07, 6.45) is 11.0. The average Bonchev–Trinajstić information content (AvgIpc) is 4.30. The molecule has 2 aliphatic carbocycles. The van der Waals surface area contributed by atoms with Crippen LogP contribution in [0, 0.1) is 22.0 Å². The molecule has 8 aromatic rings. The highest BCUT2D eigenvalue weighted by atomic mass is 35.5. The molecule has 0 spiro atoms. The molecule has 72 heavy (non-hydrogen) atoms. The van der Waals surface area contributed by atoms with Crippen LogP contribution in [-0.2, 0) is 14.1 Å². The molecule has 0 bridgehead atoms. The molecule has 0 amide bonds. The first-order valence-electron chi connectivity index (χ1n) is 22.2. The first-order valence-corrected chi connectivity index (χ1v) is 23.7. The van der Waals surface area contributed by atoms with E-state index < -0.39 is 4.92 Å². The van der Waals surface area contributed by atoms with Crippen molar-refractivity contribution < 1.29 is 23.9 Å². The number of hydrogen-bond acceptors (Lipinski definition) is 19. The second-order valence-corrected chi connectivity index (χ2v) is 18.4. The van der Waals surface area contributed by atoms with E-state index in [1.807, 2.05) is 6.07 Å². The van der Waals surface area contributed by atoms with Crippen LogP contribution >= 0.6 is 46.4 Å². The Morgan fingerprint density at radius 1 is 0.625 bits per heavy atom. The topological polar surface area (TPSA) is 267 Å². The maximum Gasteiger partial charge on any atom is 0.331 e. The lowest BCUT2D eigenvalue weighted by Gasteiger charge is -2.16. The molecule has 0 saturated heterocycles. The van der Waals surface area contributed by atoms with Crippen molar-refractivity contribution in [3.8, 4) is 45.5 Å². The van der Waals surface area contributed by atoms with Crippen molar-refractivity contribution in [3.05, 3.63) is 79.3 Å².